The molecular weight excluding hydrogens is 228 g/mol. The maximum absolute atomic E-state index is 5.99. The Kier molecular flexibility index (Phi) is 6.06. The van der Waals surface area contributed by atoms with Crippen molar-refractivity contribution in [3.05, 3.63) is 23.4 Å². The van der Waals surface area contributed by atoms with E-state index in [9.17, 15) is 0 Å². The second-order valence-electron chi connectivity index (χ2n) is 3.60. The van der Waals surface area contributed by atoms with E-state index in [0.717, 1.165) is 28.8 Å². The van der Waals surface area contributed by atoms with Crippen LogP contribution in [0.4, 0.5) is 0 Å². The predicted molar refractivity (Wildman–Crippen MR) is 67.7 cm³/mol. The molecule has 84 valence electrons. The van der Waals surface area contributed by atoms with E-state index in [1.54, 1.807) is 18.0 Å². The molecule has 1 heterocycles. The molecule has 0 aliphatic heterocycles. The van der Waals surface area contributed by atoms with Crippen LogP contribution >= 0.6 is 23.4 Å². The molecule has 0 spiro atoms. The maximum atomic E-state index is 5.99. The highest BCUT2D eigenvalue weighted by molar-refractivity contribution is 7.99. The fraction of sp³-hybridized carbons (Fsp3) is 0.545. The Labute approximate surface area is 101 Å². The Bertz CT molecular complexity index is 292. The summed E-state index contributed by atoms with van der Waals surface area (Å²) < 4.78 is 0. The van der Waals surface area contributed by atoms with Gasteiger partial charge in [0.2, 0.25) is 0 Å². The zero-order valence-electron chi connectivity index (χ0n) is 9.16. The lowest BCUT2D eigenvalue weighted by molar-refractivity contribution is 0.586. The molecule has 0 aromatic carbocycles. The number of rotatable bonds is 6. The standard InChI is InChI=1S/C11H17ClN2S/c1-9(2)13-7-4-8-15-11-10(12)5-3-6-14-11/h3,5-6,9,13H,4,7-8H2,1-2H3. The summed E-state index contributed by atoms with van der Waals surface area (Å²) in [4.78, 5) is 4.22. The van der Waals surface area contributed by atoms with Crippen LogP contribution < -0.4 is 5.32 Å². The van der Waals surface area contributed by atoms with Gasteiger partial charge in [0.1, 0.15) is 5.03 Å². The third kappa shape index (κ3) is 5.40. The van der Waals surface area contributed by atoms with Gasteiger partial charge in [0.25, 0.3) is 0 Å². The van der Waals surface area contributed by atoms with E-state index >= 15 is 0 Å². The Morgan fingerprint density at radius 1 is 1.53 bits per heavy atom. The average molecular weight is 245 g/mol. The van der Waals surface area contributed by atoms with Crippen molar-refractivity contribution in [1.29, 1.82) is 0 Å². The third-order valence-electron chi connectivity index (χ3n) is 1.84. The zero-order chi connectivity index (χ0) is 11.1. The zero-order valence-corrected chi connectivity index (χ0v) is 10.7. The van der Waals surface area contributed by atoms with Gasteiger partial charge in [-0.15, -0.1) is 11.8 Å². The Morgan fingerprint density at radius 2 is 2.33 bits per heavy atom. The van der Waals surface area contributed by atoms with Gasteiger partial charge in [-0.25, -0.2) is 4.98 Å². The quantitative estimate of drug-likeness (QED) is 0.615. The van der Waals surface area contributed by atoms with Crippen LogP contribution in [0.5, 0.6) is 0 Å². The molecule has 1 aromatic heterocycles. The highest BCUT2D eigenvalue weighted by Gasteiger charge is 2.00. The molecule has 0 radical (unpaired) electrons. The molecule has 1 aromatic rings. The maximum Gasteiger partial charge on any atom is 0.115 e. The first kappa shape index (κ1) is 12.8. The number of aromatic nitrogens is 1. The van der Waals surface area contributed by atoms with Crippen LogP contribution in [-0.2, 0) is 0 Å². The molecule has 15 heavy (non-hydrogen) atoms. The summed E-state index contributed by atoms with van der Waals surface area (Å²) in [6.07, 6.45) is 2.91. The van der Waals surface area contributed by atoms with E-state index in [4.69, 9.17) is 11.6 Å². The second-order valence-corrected chi connectivity index (χ2v) is 5.09. The van der Waals surface area contributed by atoms with Gasteiger partial charge in [0.15, 0.2) is 0 Å². The molecule has 4 heteroatoms. The van der Waals surface area contributed by atoms with E-state index in [-0.39, 0.29) is 0 Å². The average Bonchev–Trinajstić information content (AvgIpc) is 2.20. The van der Waals surface area contributed by atoms with Crippen LogP contribution in [0.2, 0.25) is 5.02 Å². The van der Waals surface area contributed by atoms with E-state index < -0.39 is 0 Å². The Balaban J connectivity index is 2.18. The van der Waals surface area contributed by atoms with Gasteiger partial charge >= 0.3 is 0 Å². The Hall–Kier alpha value is -0.250. The van der Waals surface area contributed by atoms with Crippen molar-refractivity contribution in [1.82, 2.24) is 10.3 Å². The molecule has 0 aliphatic rings. The van der Waals surface area contributed by atoms with Crippen LogP contribution in [0.25, 0.3) is 0 Å². The van der Waals surface area contributed by atoms with Crippen LogP contribution in [0.1, 0.15) is 20.3 Å². The summed E-state index contributed by atoms with van der Waals surface area (Å²) in [6, 6.07) is 4.30. The molecule has 2 nitrogen and oxygen atoms in total. The second kappa shape index (κ2) is 7.09. The summed E-state index contributed by atoms with van der Waals surface area (Å²) >= 11 is 7.70. The first-order chi connectivity index (χ1) is 7.20. The summed E-state index contributed by atoms with van der Waals surface area (Å²) in [5.41, 5.74) is 0. The number of halogens is 1. The van der Waals surface area contributed by atoms with E-state index in [0.29, 0.717) is 6.04 Å². The minimum absolute atomic E-state index is 0.563. The van der Waals surface area contributed by atoms with E-state index in [1.165, 1.54) is 0 Å². The van der Waals surface area contributed by atoms with Crippen LogP contribution in [0, 0.1) is 0 Å². The molecular formula is C11H17ClN2S. The first-order valence-corrected chi connectivity index (χ1v) is 6.53. The lowest BCUT2D eigenvalue weighted by Crippen LogP contribution is -2.23. The van der Waals surface area contributed by atoms with Gasteiger partial charge in [-0.3, -0.25) is 0 Å². The van der Waals surface area contributed by atoms with Gasteiger partial charge in [-0.05, 0) is 25.1 Å². The van der Waals surface area contributed by atoms with Gasteiger partial charge in [0, 0.05) is 18.0 Å². The summed E-state index contributed by atoms with van der Waals surface area (Å²) in [6.45, 7) is 5.36. The number of hydrogen-bond donors (Lipinski definition) is 1. The molecule has 1 N–H and O–H groups in total. The molecule has 0 saturated carbocycles. The van der Waals surface area contributed by atoms with Crippen molar-refractivity contribution in [3.8, 4) is 0 Å². The molecule has 0 unspecified atom stereocenters. The number of nitrogens with zero attached hydrogens (tertiary/aromatic N) is 1. The van der Waals surface area contributed by atoms with Crippen molar-refractivity contribution in [2.24, 2.45) is 0 Å². The van der Waals surface area contributed by atoms with Gasteiger partial charge in [0.05, 0.1) is 5.02 Å². The number of hydrogen-bond acceptors (Lipinski definition) is 3. The summed E-state index contributed by atoms with van der Waals surface area (Å²) in [7, 11) is 0. The molecule has 0 atom stereocenters. The van der Waals surface area contributed by atoms with Crippen molar-refractivity contribution < 1.29 is 0 Å². The highest BCUT2D eigenvalue weighted by atomic mass is 35.5. The molecule has 0 aliphatic carbocycles. The van der Waals surface area contributed by atoms with Crippen LogP contribution in [-0.4, -0.2) is 23.3 Å². The van der Waals surface area contributed by atoms with Crippen molar-refractivity contribution >= 4 is 23.4 Å². The topological polar surface area (TPSA) is 24.9 Å². The number of nitrogens with one attached hydrogen (secondary N) is 1. The molecule has 0 fully saturated rings. The van der Waals surface area contributed by atoms with E-state index in [2.05, 4.69) is 24.1 Å². The number of pyridine rings is 1. The molecule has 0 amide bonds. The SMILES string of the molecule is CC(C)NCCCSc1ncccc1Cl. The largest absolute Gasteiger partial charge is 0.315 e. The minimum Gasteiger partial charge on any atom is -0.315 e. The van der Waals surface area contributed by atoms with Crippen molar-refractivity contribution in [2.75, 3.05) is 12.3 Å². The highest BCUT2D eigenvalue weighted by Crippen LogP contribution is 2.24. The minimum atomic E-state index is 0.563. The smallest absolute Gasteiger partial charge is 0.115 e. The summed E-state index contributed by atoms with van der Waals surface area (Å²) in [5.74, 6) is 1.05. The van der Waals surface area contributed by atoms with Gasteiger partial charge in [-0.1, -0.05) is 25.4 Å². The van der Waals surface area contributed by atoms with Crippen molar-refractivity contribution in [3.63, 3.8) is 0 Å². The normalized spacial score (nSPS) is 10.9. The fourth-order valence-corrected chi connectivity index (χ4v) is 2.22. The van der Waals surface area contributed by atoms with Crippen LogP contribution in [0.15, 0.2) is 23.4 Å². The molecule has 0 saturated heterocycles. The third-order valence-corrected chi connectivity index (χ3v) is 3.35. The Morgan fingerprint density at radius 3 is 3.00 bits per heavy atom. The van der Waals surface area contributed by atoms with Gasteiger partial charge in [-0.2, -0.15) is 0 Å². The lowest BCUT2D eigenvalue weighted by Gasteiger charge is -2.07. The fourth-order valence-electron chi connectivity index (χ4n) is 1.11. The summed E-state index contributed by atoms with van der Waals surface area (Å²) in [5, 5.41) is 5.06. The lowest BCUT2D eigenvalue weighted by atomic mass is 10.4. The van der Waals surface area contributed by atoms with Crippen LogP contribution in [0.3, 0.4) is 0 Å². The number of thioether (sulfide) groups is 1. The van der Waals surface area contributed by atoms with Crippen molar-refractivity contribution in [2.45, 2.75) is 31.3 Å². The monoisotopic (exact) mass is 244 g/mol. The molecule has 1 rings (SSSR count). The molecule has 0 bridgehead atoms. The first-order valence-electron chi connectivity index (χ1n) is 5.17. The van der Waals surface area contributed by atoms with E-state index in [1.807, 2.05) is 12.1 Å². The van der Waals surface area contributed by atoms with Gasteiger partial charge < -0.3 is 5.32 Å². The predicted octanol–water partition coefficient (Wildman–Crippen LogP) is 3.22.